The Morgan fingerprint density at radius 1 is 1.39 bits per heavy atom. The first-order valence-corrected chi connectivity index (χ1v) is 6.31. The lowest BCUT2D eigenvalue weighted by molar-refractivity contribution is 0.290. The number of imidazole rings is 1. The Balaban J connectivity index is 1.87. The van der Waals surface area contributed by atoms with Gasteiger partial charge < -0.3 is 14.8 Å². The van der Waals surface area contributed by atoms with Crippen molar-refractivity contribution in [3.8, 4) is 11.5 Å². The van der Waals surface area contributed by atoms with Gasteiger partial charge in [-0.05, 0) is 12.8 Å². The van der Waals surface area contributed by atoms with Gasteiger partial charge in [0.1, 0.15) is 5.69 Å². The fourth-order valence-electron chi connectivity index (χ4n) is 2.53. The van der Waals surface area contributed by atoms with Gasteiger partial charge >= 0.3 is 0 Å². The molecule has 2 unspecified atom stereocenters. The second-order valence-corrected chi connectivity index (χ2v) is 4.90. The highest BCUT2D eigenvalue weighted by Gasteiger charge is 2.28. The lowest BCUT2D eigenvalue weighted by atomic mass is 9.85. The Morgan fingerprint density at radius 3 is 2.94 bits per heavy atom. The number of aromatic nitrogens is 4. The van der Waals surface area contributed by atoms with E-state index in [2.05, 4.69) is 15.1 Å². The highest BCUT2D eigenvalue weighted by atomic mass is 16.5. The van der Waals surface area contributed by atoms with Gasteiger partial charge in [0.05, 0.1) is 18.4 Å². The van der Waals surface area contributed by atoms with Crippen LogP contribution in [0.2, 0.25) is 0 Å². The molecule has 3 rings (SSSR count). The predicted molar refractivity (Wildman–Crippen MR) is 65.7 cm³/mol. The molecule has 2 N–H and O–H groups in total. The largest absolute Gasteiger partial charge is 0.339 e. The minimum atomic E-state index is 0.138. The van der Waals surface area contributed by atoms with Gasteiger partial charge in [-0.2, -0.15) is 4.98 Å². The van der Waals surface area contributed by atoms with Crippen LogP contribution in [0, 0.1) is 0 Å². The van der Waals surface area contributed by atoms with Crippen LogP contribution in [0.1, 0.15) is 37.5 Å². The van der Waals surface area contributed by atoms with Crippen molar-refractivity contribution in [2.75, 3.05) is 0 Å². The molecule has 0 bridgehead atoms. The van der Waals surface area contributed by atoms with Crippen LogP contribution in [0.4, 0.5) is 0 Å². The quantitative estimate of drug-likeness (QED) is 0.868. The summed E-state index contributed by atoms with van der Waals surface area (Å²) in [5, 5.41) is 4.03. The normalized spacial score (nSPS) is 24.3. The maximum atomic E-state index is 6.12. The number of aryl methyl sites for hydroxylation is 1. The van der Waals surface area contributed by atoms with Crippen LogP contribution < -0.4 is 5.73 Å². The van der Waals surface area contributed by atoms with E-state index in [1.807, 2.05) is 11.6 Å². The van der Waals surface area contributed by atoms with Gasteiger partial charge in [0.2, 0.25) is 11.7 Å². The second kappa shape index (κ2) is 4.53. The number of nitrogens with two attached hydrogens (primary N) is 1. The molecule has 18 heavy (non-hydrogen) atoms. The minimum absolute atomic E-state index is 0.138. The summed E-state index contributed by atoms with van der Waals surface area (Å²) in [6.07, 6.45) is 7.90. The summed E-state index contributed by atoms with van der Waals surface area (Å²) in [7, 11) is 1.91. The second-order valence-electron chi connectivity index (χ2n) is 4.90. The van der Waals surface area contributed by atoms with Gasteiger partial charge in [-0.3, -0.25) is 0 Å². The monoisotopic (exact) mass is 247 g/mol. The maximum Gasteiger partial charge on any atom is 0.231 e. The molecule has 6 nitrogen and oxygen atoms in total. The molecule has 1 saturated carbocycles. The lowest BCUT2D eigenvalue weighted by Crippen LogP contribution is -2.31. The van der Waals surface area contributed by atoms with Crippen molar-refractivity contribution in [1.29, 1.82) is 0 Å². The first-order valence-electron chi connectivity index (χ1n) is 6.31. The molecule has 0 spiro atoms. The summed E-state index contributed by atoms with van der Waals surface area (Å²) in [4.78, 5) is 8.52. The molecular weight excluding hydrogens is 230 g/mol. The van der Waals surface area contributed by atoms with Crippen molar-refractivity contribution in [2.45, 2.75) is 37.6 Å². The first-order chi connectivity index (χ1) is 8.75. The molecule has 2 aromatic rings. The van der Waals surface area contributed by atoms with Crippen molar-refractivity contribution < 1.29 is 4.52 Å². The van der Waals surface area contributed by atoms with E-state index < -0.39 is 0 Å². The molecule has 1 aliphatic carbocycles. The van der Waals surface area contributed by atoms with Crippen molar-refractivity contribution in [1.82, 2.24) is 19.7 Å². The topological polar surface area (TPSA) is 82.8 Å². The van der Waals surface area contributed by atoms with E-state index in [0.29, 0.717) is 11.7 Å². The molecule has 0 amide bonds. The van der Waals surface area contributed by atoms with Crippen LogP contribution in [-0.4, -0.2) is 25.7 Å². The summed E-state index contributed by atoms with van der Waals surface area (Å²) < 4.78 is 7.24. The van der Waals surface area contributed by atoms with Gasteiger partial charge in [0.15, 0.2) is 0 Å². The van der Waals surface area contributed by atoms with E-state index in [1.54, 1.807) is 12.5 Å². The van der Waals surface area contributed by atoms with Gasteiger partial charge in [0.25, 0.3) is 0 Å². The van der Waals surface area contributed by atoms with E-state index in [1.165, 1.54) is 12.8 Å². The van der Waals surface area contributed by atoms with Crippen molar-refractivity contribution in [2.24, 2.45) is 12.8 Å². The lowest BCUT2D eigenvalue weighted by Gasteiger charge is -2.25. The fourth-order valence-corrected chi connectivity index (χ4v) is 2.53. The van der Waals surface area contributed by atoms with Crippen LogP contribution in [0.3, 0.4) is 0 Å². The fraction of sp³-hybridized carbons (Fsp3) is 0.583. The SMILES string of the molecule is Cn1cncc1-c1noc(C2CCCCC2N)n1. The Bertz CT molecular complexity index is 532. The zero-order valence-corrected chi connectivity index (χ0v) is 10.4. The Morgan fingerprint density at radius 2 is 2.22 bits per heavy atom. The number of hydrogen-bond donors (Lipinski definition) is 1. The highest BCUT2D eigenvalue weighted by Crippen LogP contribution is 2.31. The van der Waals surface area contributed by atoms with E-state index >= 15 is 0 Å². The maximum absolute atomic E-state index is 6.12. The highest BCUT2D eigenvalue weighted by molar-refractivity contribution is 5.47. The third kappa shape index (κ3) is 1.92. The van der Waals surface area contributed by atoms with Crippen molar-refractivity contribution in [3.63, 3.8) is 0 Å². The van der Waals surface area contributed by atoms with Crippen LogP contribution in [0.15, 0.2) is 17.0 Å². The molecule has 0 saturated heterocycles. The van der Waals surface area contributed by atoms with Crippen molar-refractivity contribution >= 4 is 0 Å². The first kappa shape index (κ1) is 11.4. The Hall–Kier alpha value is -1.69. The van der Waals surface area contributed by atoms with Crippen LogP contribution in [0.5, 0.6) is 0 Å². The molecule has 96 valence electrons. The number of hydrogen-bond acceptors (Lipinski definition) is 5. The van der Waals surface area contributed by atoms with Crippen LogP contribution >= 0.6 is 0 Å². The minimum Gasteiger partial charge on any atom is -0.339 e. The molecule has 2 heterocycles. The number of nitrogens with zero attached hydrogens (tertiary/aromatic N) is 4. The molecule has 2 aromatic heterocycles. The molecule has 0 aliphatic heterocycles. The molecule has 1 fully saturated rings. The predicted octanol–water partition coefficient (Wildman–Crippen LogP) is 1.45. The summed E-state index contributed by atoms with van der Waals surface area (Å²) in [6, 6.07) is 0.138. The summed E-state index contributed by atoms with van der Waals surface area (Å²) in [5.41, 5.74) is 6.98. The van der Waals surface area contributed by atoms with Gasteiger partial charge in [-0.15, -0.1) is 0 Å². The van der Waals surface area contributed by atoms with Crippen molar-refractivity contribution in [3.05, 3.63) is 18.4 Å². The van der Waals surface area contributed by atoms with Gasteiger partial charge in [-0.25, -0.2) is 4.98 Å². The molecule has 6 heteroatoms. The van der Waals surface area contributed by atoms with Crippen LogP contribution in [-0.2, 0) is 7.05 Å². The van der Waals surface area contributed by atoms with E-state index in [0.717, 1.165) is 18.5 Å². The zero-order valence-electron chi connectivity index (χ0n) is 10.4. The third-order valence-corrected chi connectivity index (χ3v) is 3.62. The van der Waals surface area contributed by atoms with E-state index in [9.17, 15) is 0 Å². The Kier molecular flexibility index (Phi) is 2.87. The zero-order chi connectivity index (χ0) is 12.5. The summed E-state index contributed by atoms with van der Waals surface area (Å²) >= 11 is 0. The Labute approximate surface area is 105 Å². The van der Waals surface area contributed by atoms with Gasteiger partial charge in [0, 0.05) is 13.1 Å². The smallest absolute Gasteiger partial charge is 0.231 e. The molecule has 0 aromatic carbocycles. The van der Waals surface area contributed by atoms with Gasteiger partial charge in [-0.1, -0.05) is 18.0 Å². The molecule has 0 radical (unpaired) electrons. The van der Waals surface area contributed by atoms with E-state index in [4.69, 9.17) is 10.3 Å². The molecular formula is C12H17N5O. The molecule has 1 aliphatic rings. The van der Waals surface area contributed by atoms with E-state index in [-0.39, 0.29) is 12.0 Å². The summed E-state index contributed by atoms with van der Waals surface area (Å²) in [6.45, 7) is 0. The molecule has 2 atom stereocenters. The summed E-state index contributed by atoms with van der Waals surface area (Å²) in [5.74, 6) is 1.45. The number of rotatable bonds is 2. The average Bonchev–Trinajstić information content (AvgIpc) is 2.98. The average molecular weight is 247 g/mol. The standard InChI is InChI=1S/C12H17N5O/c1-17-7-14-6-10(17)11-15-12(18-16-11)8-4-2-3-5-9(8)13/h6-9H,2-5,13H2,1H3. The third-order valence-electron chi connectivity index (χ3n) is 3.62. The van der Waals surface area contributed by atoms with Crippen LogP contribution in [0.25, 0.3) is 11.5 Å².